The minimum Gasteiger partial charge on any atom is -0.351 e. The van der Waals surface area contributed by atoms with Crippen molar-refractivity contribution in [2.75, 3.05) is 26.2 Å². The zero-order valence-corrected chi connectivity index (χ0v) is 15.4. The molecule has 1 aromatic carbocycles. The third-order valence-electron chi connectivity index (χ3n) is 6.16. The highest BCUT2D eigenvalue weighted by atomic mass is 16.5. The van der Waals surface area contributed by atoms with Crippen molar-refractivity contribution in [3.05, 3.63) is 35.7 Å². The number of carbonyl (C=O) groups excluding carboxylic acids is 1. The van der Waals surface area contributed by atoms with Gasteiger partial charge in [0.05, 0.1) is 11.5 Å². The van der Waals surface area contributed by atoms with Gasteiger partial charge < -0.3 is 15.2 Å². The van der Waals surface area contributed by atoms with Gasteiger partial charge in [0, 0.05) is 31.6 Å². The smallest absolute Gasteiger partial charge is 0.237 e. The molecule has 4 heterocycles. The molecule has 0 unspecified atom stereocenters. The normalized spacial score (nSPS) is 28.3. The Bertz CT molecular complexity index is 844. The summed E-state index contributed by atoms with van der Waals surface area (Å²) in [6, 6.07) is 8.43. The van der Waals surface area contributed by atoms with Crippen LogP contribution in [0.3, 0.4) is 0 Å². The summed E-state index contributed by atoms with van der Waals surface area (Å²) in [6.45, 7) is 4.75. The Morgan fingerprint density at radius 1 is 1.26 bits per heavy atom. The molecule has 3 aliphatic rings. The molecule has 0 saturated carbocycles. The van der Waals surface area contributed by atoms with Crippen LogP contribution in [0.1, 0.15) is 37.1 Å². The Kier molecular flexibility index (Phi) is 4.21. The number of fused-ring (bicyclic) bond motifs is 1. The van der Waals surface area contributed by atoms with Gasteiger partial charge in [-0.1, -0.05) is 29.8 Å². The van der Waals surface area contributed by atoms with Crippen LogP contribution in [-0.2, 0) is 16.8 Å². The van der Waals surface area contributed by atoms with Gasteiger partial charge in [-0.2, -0.15) is 4.98 Å². The van der Waals surface area contributed by atoms with Gasteiger partial charge in [-0.15, -0.1) is 0 Å². The number of likely N-dealkylation sites (tertiary alicyclic amines) is 1. The molecule has 0 bridgehead atoms. The Labute approximate surface area is 158 Å². The average molecular weight is 367 g/mol. The Morgan fingerprint density at radius 3 is 3.04 bits per heavy atom. The molecule has 142 valence electrons. The average Bonchev–Trinajstić information content (AvgIpc) is 3.37. The van der Waals surface area contributed by atoms with Gasteiger partial charge in [0.15, 0.2) is 0 Å². The lowest BCUT2D eigenvalue weighted by molar-refractivity contribution is -0.119. The minimum absolute atomic E-state index is 0.0312. The van der Waals surface area contributed by atoms with Gasteiger partial charge >= 0.3 is 0 Å². The second-order valence-corrected chi connectivity index (χ2v) is 8.04. The van der Waals surface area contributed by atoms with Gasteiger partial charge in [-0.05, 0) is 37.6 Å². The molecule has 0 spiro atoms. The van der Waals surface area contributed by atoms with Crippen molar-refractivity contribution in [3.63, 3.8) is 0 Å². The molecular weight excluding hydrogens is 342 g/mol. The van der Waals surface area contributed by atoms with Gasteiger partial charge in [0.2, 0.25) is 17.6 Å². The number of piperidine rings is 1. The molecule has 2 atom stereocenters. The molecule has 3 aliphatic heterocycles. The SMILES string of the molecule is O=C1C[C@]2(c3nc(-c4cccc(CN5CCCCC5)c4)no3)CNC[C@@H]2N1. The second-order valence-electron chi connectivity index (χ2n) is 8.04. The molecule has 3 saturated heterocycles. The molecule has 2 N–H and O–H groups in total. The van der Waals surface area contributed by atoms with Crippen LogP contribution in [-0.4, -0.2) is 53.2 Å². The molecular formula is C20H25N5O2. The standard InChI is InChI=1S/C20H25N5O2/c26-17-10-20(13-21-11-16(20)22-17)19-23-18(24-27-19)15-6-4-5-14(9-15)12-25-7-2-1-3-8-25/h4-6,9,16,21H,1-3,7-8,10-13H2,(H,22,26)/t16-,20-/m0/s1. The van der Waals surface area contributed by atoms with E-state index in [-0.39, 0.29) is 11.9 Å². The maximum atomic E-state index is 11.9. The van der Waals surface area contributed by atoms with E-state index in [0.29, 0.717) is 24.7 Å². The maximum absolute atomic E-state index is 11.9. The molecule has 3 fully saturated rings. The van der Waals surface area contributed by atoms with Crippen molar-refractivity contribution < 1.29 is 9.32 Å². The van der Waals surface area contributed by atoms with Crippen LogP contribution in [0.2, 0.25) is 0 Å². The summed E-state index contributed by atoms with van der Waals surface area (Å²) in [4.78, 5) is 19.1. The van der Waals surface area contributed by atoms with Crippen LogP contribution in [0.15, 0.2) is 28.8 Å². The molecule has 0 aliphatic carbocycles. The Morgan fingerprint density at radius 2 is 2.15 bits per heavy atom. The number of amides is 1. The summed E-state index contributed by atoms with van der Waals surface area (Å²) >= 11 is 0. The third-order valence-corrected chi connectivity index (χ3v) is 6.16. The molecule has 1 amide bonds. The number of carbonyl (C=O) groups is 1. The van der Waals surface area contributed by atoms with E-state index in [1.54, 1.807) is 0 Å². The lowest BCUT2D eigenvalue weighted by Gasteiger charge is -2.26. The van der Waals surface area contributed by atoms with E-state index in [4.69, 9.17) is 9.51 Å². The molecule has 1 aromatic heterocycles. The van der Waals surface area contributed by atoms with E-state index in [1.807, 2.05) is 6.07 Å². The molecule has 7 nitrogen and oxygen atoms in total. The van der Waals surface area contributed by atoms with Gasteiger partial charge in [0.1, 0.15) is 0 Å². The molecule has 5 rings (SSSR count). The van der Waals surface area contributed by atoms with Crippen molar-refractivity contribution in [3.8, 4) is 11.4 Å². The van der Waals surface area contributed by atoms with Crippen molar-refractivity contribution in [2.24, 2.45) is 0 Å². The van der Waals surface area contributed by atoms with Crippen LogP contribution >= 0.6 is 0 Å². The van der Waals surface area contributed by atoms with Crippen molar-refractivity contribution in [1.29, 1.82) is 0 Å². The quantitative estimate of drug-likeness (QED) is 0.851. The summed E-state index contributed by atoms with van der Waals surface area (Å²) in [7, 11) is 0. The van der Waals surface area contributed by atoms with Crippen LogP contribution in [0.4, 0.5) is 0 Å². The molecule has 27 heavy (non-hydrogen) atoms. The van der Waals surface area contributed by atoms with Gasteiger partial charge in [0.25, 0.3) is 0 Å². The third kappa shape index (κ3) is 3.04. The highest BCUT2D eigenvalue weighted by molar-refractivity contribution is 5.81. The summed E-state index contributed by atoms with van der Waals surface area (Å²) in [6.07, 6.45) is 4.33. The van der Waals surface area contributed by atoms with E-state index in [9.17, 15) is 4.79 Å². The van der Waals surface area contributed by atoms with Crippen LogP contribution in [0.25, 0.3) is 11.4 Å². The number of nitrogens with zero attached hydrogens (tertiary/aromatic N) is 3. The van der Waals surface area contributed by atoms with Gasteiger partial charge in [-0.25, -0.2) is 0 Å². The van der Waals surface area contributed by atoms with E-state index in [2.05, 4.69) is 38.9 Å². The number of nitrogens with one attached hydrogen (secondary N) is 2. The molecule has 0 radical (unpaired) electrons. The predicted molar refractivity (Wildman–Crippen MR) is 100.0 cm³/mol. The topological polar surface area (TPSA) is 83.3 Å². The fourth-order valence-electron chi connectivity index (χ4n) is 4.69. The maximum Gasteiger partial charge on any atom is 0.237 e. The zero-order valence-electron chi connectivity index (χ0n) is 15.4. The van der Waals surface area contributed by atoms with E-state index >= 15 is 0 Å². The van der Waals surface area contributed by atoms with Crippen LogP contribution in [0, 0.1) is 0 Å². The van der Waals surface area contributed by atoms with Crippen molar-refractivity contribution >= 4 is 5.91 Å². The molecule has 2 aromatic rings. The Balaban J connectivity index is 1.38. The number of aromatic nitrogens is 2. The highest BCUT2D eigenvalue weighted by Gasteiger charge is 2.55. The van der Waals surface area contributed by atoms with Crippen LogP contribution < -0.4 is 10.6 Å². The largest absolute Gasteiger partial charge is 0.351 e. The van der Waals surface area contributed by atoms with E-state index in [1.165, 1.54) is 37.9 Å². The van der Waals surface area contributed by atoms with E-state index in [0.717, 1.165) is 18.7 Å². The monoisotopic (exact) mass is 367 g/mol. The van der Waals surface area contributed by atoms with Crippen molar-refractivity contribution in [1.82, 2.24) is 25.7 Å². The number of hydrogen-bond donors (Lipinski definition) is 2. The summed E-state index contributed by atoms with van der Waals surface area (Å²) in [5, 5.41) is 10.6. The lowest BCUT2D eigenvalue weighted by Crippen LogP contribution is -2.39. The number of hydrogen-bond acceptors (Lipinski definition) is 6. The minimum atomic E-state index is -0.409. The first-order valence-electron chi connectivity index (χ1n) is 9.89. The Hall–Kier alpha value is -2.25. The van der Waals surface area contributed by atoms with Gasteiger partial charge in [-0.3, -0.25) is 9.69 Å². The first-order chi connectivity index (χ1) is 13.2. The highest BCUT2D eigenvalue weighted by Crippen LogP contribution is 2.38. The zero-order chi connectivity index (χ0) is 18.3. The number of benzene rings is 1. The van der Waals surface area contributed by atoms with E-state index < -0.39 is 5.41 Å². The fraction of sp³-hybridized carbons (Fsp3) is 0.550. The second kappa shape index (κ2) is 6.73. The molecule has 7 heteroatoms. The first kappa shape index (κ1) is 16.9. The lowest BCUT2D eigenvalue weighted by atomic mass is 9.83. The summed E-state index contributed by atoms with van der Waals surface area (Å²) < 4.78 is 5.64. The predicted octanol–water partition coefficient (Wildman–Crippen LogP) is 1.45. The number of rotatable bonds is 4. The van der Waals surface area contributed by atoms with Crippen LogP contribution in [0.5, 0.6) is 0 Å². The van der Waals surface area contributed by atoms with Crippen molar-refractivity contribution in [2.45, 2.75) is 43.7 Å². The fourth-order valence-corrected chi connectivity index (χ4v) is 4.69. The first-order valence-corrected chi connectivity index (χ1v) is 9.89. The summed E-state index contributed by atoms with van der Waals surface area (Å²) in [5.74, 6) is 1.22. The summed E-state index contributed by atoms with van der Waals surface area (Å²) in [5.41, 5.74) is 1.83.